The van der Waals surface area contributed by atoms with E-state index in [9.17, 15) is 29.1 Å². The van der Waals surface area contributed by atoms with E-state index in [1.165, 1.54) is 12.5 Å². The van der Waals surface area contributed by atoms with Crippen molar-refractivity contribution in [2.75, 3.05) is 6.61 Å². The summed E-state index contributed by atoms with van der Waals surface area (Å²) in [5.74, 6) is -5.86. The highest BCUT2D eigenvalue weighted by molar-refractivity contribution is 5.95. The summed E-state index contributed by atoms with van der Waals surface area (Å²) in [5.41, 5.74) is 5.83. The van der Waals surface area contributed by atoms with Crippen LogP contribution in [-0.4, -0.2) is 85.7 Å². The molecule has 0 aliphatic heterocycles. The maximum atomic E-state index is 12.9. The molecule has 14 heteroatoms. The molecule has 0 fully saturated rings. The minimum atomic E-state index is -1.60. The number of aromatic amines is 1. The van der Waals surface area contributed by atoms with Crippen LogP contribution >= 0.6 is 0 Å². The Balaban J connectivity index is 3.09. The van der Waals surface area contributed by atoms with Crippen LogP contribution in [0.15, 0.2) is 12.5 Å². The van der Waals surface area contributed by atoms with Gasteiger partial charge in [-0.1, -0.05) is 20.3 Å². The molecule has 1 aromatic rings. The number of rotatable bonds is 14. The van der Waals surface area contributed by atoms with Gasteiger partial charge in [-0.15, -0.1) is 0 Å². The van der Waals surface area contributed by atoms with Gasteiger partial charge in [-0.3, -0.25) is 19.2 Å². The zero-order valence-electron chi connectivity index (χ0n) is 18.3. The van der Waals surface area contributed by atoms with Gasteiger partial charge in [-0.25, -0.2) is 9.78 Å². The Bertz CT molecular complexity index is 830. The molecule has 0 saturated heterocycles. The predicted octanol–water partition coefficient (Wildman–Crippen LogP) is -2.67. The fraction of sp³-hybridized carbons (Fsp3) is 0.579. The second-order valence-corrected chi connectivity index (χ2v) is 7.50. The van der Waals surface area contributed by atoms with Crippen LogP contribution in [0.2, 0.25) is 0 Å². The van der Waals surface area contributed by atoms with Crippen LogP contribution in [-0.2, 0) is 30.4 Å². The summed E-state index contributed by atoms with van der Waals surface area (Å²) >= 11 is 0. The van der Waals surface area contributed by atoms with Crippen molar-refractivity contribution in [2.45, 2.75) is 57.3 Å². The molecule has 9 N–H and O–H groups in total. The van der Waals surface area contributed by atoms with Gasteiger partial charge >= 0.3 is 11.9 Å². The minimum absolute atomic E-state index is 0.117. The first kappa shape index (κ1) is 27.5. The Hall–Kier alpha value is -3.52. The molecule has 0 aliphatic carbocycles. The van der Waals surface area contributed by atoms with Gasteiger partial charge in [-0.05, 0) is 5.92 Å². The van der Waals surface area contributed by atoms with E-state index in [4.69, 9.17) is 15.9 Å². The molecule has 33 heavy (non-hydrogen) atoms. The van der Waals surface area contributed by atoms with Gasteiger partial charge in [0.15, 0.2) is 0 Å². The molecule has 0 aliphatic rings. The summed E-state index contributed by atoms with van der Waals surface area (Å²) in [7, 11) is 0. The van der Waals surface area contributed by atoms with E-state index in [0.717, 1.165) is 0 Å². The number of carbonyl (C=O) groups is 5. The summed E-state index contributed by atoms with van der Waals surface area (Å²) in [5, 5.41) is 34.4. The number of aliphatic hydroxyl groups excluding tert-OH is 1. The molecule has 5 atom stereocenters. The van der Waals surface area contributed by atoms with Gasteiger partial charge < -0.3 is 42.0 Å². The number of hydrogen-bond donors (Lipinski definition) is 8. The third kappa shape index (κ3) is 8.86. The van der Waals surface area contributed by atoms with Crippen molar-refractivity contribution in [1.29, 1.82) is 0 Å². The molecule has 0 saturated carbocycles. The average Bonchev–Trinajstić information content (AvgIpc) is 3.27. The second-order valence-electron chi connectivity index (χ2n) is 7.50. The summed E-state index contributed by atoms with van der Waals surface area (Å²) in [4.78, 5) is 66.9. The number of aromatic nitrogens is 2. The normalized spacial score (nSPS) is 15.4. The molecule has 3 amide bonds. The molecule has 1 heterocycles. The predicted molar refractivity (Wildman–Crippen MR) is 112 cm³/mol. The van der Waals surface area contributed by atoms with E-state index in [1.807, 2.05) is 0 Å². The highest BCUT2D eigenvalue weighted by Gasteiger charge is 2.33. The van der Waals surface area contributed by atoms with Gasteiger partial charge in [0, 0.05) is 18.3 Å². The largest absolute Gasteiger partial charge is 0.481 e. The summed E-state index contributed by atoms with van der Waals surface area (Å²) in [6.45, 7) is 2.67. The minimum Gasteiger partial charge on any atom is -0.481 e. The van der Waals surface area contributed by atoms with E-state index in [1.54, 1.807) is 13.8 Å². The van der Waals surface area contributed by atoms with Gasteiger partial charge in [0.05, 0.1) is 19.4 Å². The average molecular weight is 470 g/mol. The van der Waals surface area contributed by atoms with Gasteiger partial charge in [0.2, 0.25) is 17.7 Å². The smallest absolute Gasteiger partial charge is 0.326 e. The molecule has 1 aromatic heterocycles. The molecule has 0 bridgehead atoms. The summed E-state index contributed by atoms with van der Waals surface area (Å²) in [6, 6.07) is -5.52. The number of nitrogens with one attached hydrogen (secondary N) is 4. The van der Waals surface area contributed by atoms with E-state index in [-0.39, 0.29) is 6.42 Å². The van der Waals surface area contributed by atoms with Crippen molar-refractivity contribution in [3.05, 3.63) is 18.2 Å². The Morgan fingerprint density at radius 3 is 2.15 bits per heavy atom. The number of aliphatic hydroxyl groups is 1. The highest BCUT2D eigenvalue weighted by Crippen LogP contribution is 2.09. The number of H-pyrrole nitrogens is 1. The quantitative estimate of drug-likeness (QED) is 0.140. The number of imidazole rings is 1. The monoisotopic (exact) mass is 470 g/mol. The van der Waals surface area contributed by atoms with E-state index >= 15 is 0 Å². The first-order valence-electron chi connectivity index (χ1n) is 10.2. The number of nitrogens with two attached hydrogens (primary N) is 1. The highest BCUT2D eigenvalue weighted by atomic mass is 16.4. The number of carboxylic acid groups (broad SMARTS) is 2. The molecule has 0 radical (unpaired) electrons. The van der Waals surface area contributed by atoms with Crippen molar-refractivity contribution < 1.29 is 39.3 Å². The lowest BCUT2D eigenvalue weighted by atomic mass is 9.98. The van der Waals surface area contributed by atoms with Crippen LogP contribution in [0.25, 0.3) is 0 Å². The van der Waals surface area contributed by atoms with Crippen molar-refractivity contribution in [1.82, 2.24) is 25.9 Å². The van der Waals surface area contributed by atoms with Crippen molar-refractivity contribution >= 4 is 29.7 Å². The summed E-state index contributed by atoms with van der Waals surface area (Å²) < 4.78 is 0. The number of aliphatic carboxylic acids is 2. The maximum Gasteiger partial charge on any atom is 0.326 e. The molecule has 184 valence electrons. The molecular weight excluding hydrogens is 440 g/mol. The zero-order chi connectivity index (χ0) is 25.1. The van der Waals surface area contributed by atoms with Crippen LogP contribution in [0.5, 0.6) is 0 Å². The van der Waals surface area contributed by atoms with Crippen molar-refractivity contribution in [3.8, 4) is 0 Å². The van der Waals surface area contributed by atoms with E-state index in [2.05, 4.69) is 25.9 Å². The SMILES string of the molecule is CCC(C)C(NC(=O)C(Cc1cnc[nH]1)NC(=O)C(CC(=O)O)NC(=O)C(N)CO)C(=O)O. The summed E-state index contributed by atoms with van der Waals surface area (Å²) in [6.07, 6.45) is 2.27. The lowest BCUT2D eigenvalue weighted by molar-refractivity contribution is -0.144. The van der Waals surface area contributed by atoms with E-state index < -0.39 is 72.8 Å². The second kappa shape index (κ2) is 13.1. The molecule has 5 unspecified atom stereocenters. The Labute approximate surface area is 189 Å². The van der Waals surface area contributed by atoms with Crippen LogP contribution in [0.4, 0.5) is 0 Å². The first-order valence-corrected chi connectivity index (χ1v) is 10.2. The van der Waals surface area contributed by atoms with Crippen LogP contribution < -0.4 is 21.7 Å². The molecule has 1 rings (SSSR count). The van der Waals surface area contributed by atoms with Crippen LogP contribution in [0.1, 0.15) is 32.4 Å². The van der Waals surface area contributed by atoms with Crippen molar-refractivity contribution in [2.24, 2.45) is 11.7 Å². The van der Waals surface area contributed by atoms with Crippen LogP contribution in [0, 0.1) is 5.92 Å². The molecule has 14 nitrogen and oxygen atoms in total. The Morgan fingerprint density at radius 2 is 1.67 bits per heavy atom. The van der Waals surface area contributed by atoms with Crippen LogP contribution in [0.3, 0.4) is 0 Å². The number of carbonyl (C=O) groups excluding carboxylic acids is 3. The number of nitrogens with zero attached hydrogens (tertiary/aromatic N) is 1. The van der Waals surface area contributed by atoms with Gasteiger partial charge in [-0.2, -0.15) is 0 Å². The maximum absolute atomic E-state index is 12.9. The zero-order valence-corrected chi connectivity index (χ0v) is 18.3. The number of carboxylic acids is 2. The third-order valence-corrected chi connectivity index (χ3v) is 4.93. The fourth-order valence-electron chi connectivity index (χ4n) is 2.78. The molecular formula is C19H30N6O8. The fourth-order valence-corrected chi connectivity index (χ4v) is 2.78. The Kier molecular flexibility index (Phi) is 10.9. The lowest BCUT2D eigenvalue weighted by Crippen LogP contribution is -2.58. The third-order valence-electron chi connectivity index (χ3n) is 4.93. The number of hydrogen-bond acceptors (Lipinski definition) is 8. The van der Waals surface area contributed by atoms with Crippen molar-refractivity contribution in [3.63, 3.8) is 0 Å². The first-order chi connectivity index (χ1) is 15.5. The topological polar surface area (TPSA) is 237 Å². The molecule has 0 spiro atoms. The molecule has 0 aromatic carbocycles. The van der Waals surface area contributed by atoms with E-state index in [0.29, 0.717) is 12.1 Å². The standard InChI is InChI=1S/C19H30N6O8/c1-3-9(2)15(19(32)33)25-18(31)12(4-10-6-21-8-22-10)24-17(30)13(5-14(27)28)23-16(29)11(20)7-26/h6,8-9,11-13,15,26H,3-5,7,20H2,1-2H3,(H,21,22)(H,23,29)(H,24,30)(H,25,31)(H,27,28)(H,32,33). The Morgan fingerprint density at radius 1 is 1.06 bits per heavy atom. The number of amides is 3. The van der Waals surface area contributed by atoms with Gasteiger partial charge in [0.25, 0.3) is 0 Å². The van der Waals surface area contributed by atoms with Gasteiger partial charge in [0.1, 0.15) is 24.2 Å². The lowest BCUT2D eigenvalue weighted by Gasteiger charge is -2.26.